The lowest BCUT2D eigenvalue weighted by Crippen LogP contribution is -2.35. The summed E-state index contributed by atoms with van der Waals surface area (Å²) in [6, 6.07) is 0. The quantitative estimate of drug-likeness (QED) is 0.577. The van der Waals surface area contributed by atoms with Crippen molar-refractivity contribution in [3.63, 3.8) is 0 Å². The minimum absolute atomic E-state index is 0.511. The smallest absolute Gasteiger partial charge is 0.0512 e. The van der Waals surface area contributed by atoms with Gasteiger partial charge in [-0.05, 0) is 39.8 Å². The van der Waals surface area contributed by atoms with E-state index in [9.17, 15) is 0 Å². The maximum absolute atomic E-state index is 2.60. The SMILES string of the molecule is CC1(C)CN1CN1CCCCC1. The van der Waals surface area contributed by atoms with Crippen LogP contribution in [0.3, 0.4) is 0 Å². The molecule has 0 aromatic carbocycles. The van der Waals surface area contributed by atoms with Gasteiger partial charge in [0.1, 0.15) is 0 Å². The number of rotatable bonds is 2. The Hall–Kier alpha value is -0.0800. The van der Waals surface area contributed by atoms with Crippen molar-refractivity contribution in [3.05, 3.63) is 0 Å². The van der Waals surface area contributed by atoms with Crippen molar-refractivity contribution in [2.45, 2.75) is 38.6 Å². The second-order valence-corrected chi connectivity index (χ2v) is 4.83. The summed E-state index contributed by atoms with van der Waals surface area (Å²) in [7, 11) is 0. The van der Waals surface area contributed by atoms with E-state index in [1.54, 1.807) is 0 Å². The highest BCUT2D eigenvalue weighted by atomic mass is 15.4. The highest BCUT2D eigenvalue weighted by Gasteiger charge is 2.43. The Labute approximate surface area is 75.5 Å². The van der Waals surface area contributed by atoms with Crippen molar-refractivity contribution in [1.82, 2.24) is 9.80 Å². The zero-order chi connectivity index (χ0) is 8.60. The lowest BCUT2D eigenvalue weighted by Gasteiger charge is -2.27. The molecule has 0 amide bonds. The lowest BCUT2D eigenvalue weighted by atomic mass is 10.1. The molecule has 1 unspecified atom stereocenters. The Bertz CT molecular complexity index is 159. The first-order valence-corrected chi connectivity index (χ1v) is 5.16. The number of piperidine rings is 1. The molecule has 2 rings (SSSR count). The van der Waals surface area contributed by atoms with Crippen LogP contribution in [0.25, 0.3) is 0 Å². The Kier molecular flexibility index (Phi) is 2.13. The Morgan fingerprint density at radius 3 is 2.17 bits per heavy atom. The van der Waals surface area contributed by atoms with Gasteiger partial charge in [0.05, 0.1) is 6.67 Å². The molecule has 2 saturated heterocycles. The molecule has 2 nitrogen and oxygen atoms in total. The minimum atomic E-state index is 0.511. The Balaban J connectivity index is 1.73. The molecular formula is C10H20N2. The average Bonchev–Trinajstić information content (AvgIpc) is 2.61. The molecule has 0 spiro atoms. The van der Waals surface area contributed by atoms with E-state index in [1.165, 1.54) is 45.6 Å². The molecule has 0 N–H and O–H groups in total. The van der Waals surface area contributed by atoms with Gasteiger partial charge in [0.2, 0.25) is 0 Å². The first-order chi connectivity index (χ1) is 5.68. The fourth-order valence-electron chi connectivity index (χ4n) is 2.02. The van der Waals surface area contributed by atoms with Gasteiger partial charge in [-0.3, -0.25) is 9.80 Å². The molecule has 12 heavy (non-hydrogen) atoms. The molecule has 0 radical (unpaired) electrons. The van der Waals surface area contributed by atoms with Gasteiger partial charge in [0.25, 0.3) is 0 Å². The molecular weight excluding hydrogens is 148 g/mol. The second kappa shape index (κ2) is 3.00. The van der Waals surface area contributed by atoms with Gasteiger partial charge in [-0.2, -0.15) is 0 Å². The highest BCUT2D eigenvalue weighted by molar-refractivity contribution is 4.99. The van der Waals surface area contributed by atoms with Crippen LogP contribution in [0.1, 0.15) is 33.1 Å². The standard InChI is InChI=1S/C10H20N2/c1-10(2)8-12(10)9-11-6-4-3-5-7-11/h3-9H2,1-2H3. The lowest BCUT2D eigenvalue weighted by molar-refractivity contribution is 0.166. The average molecular weight is 168 g/mol. The molecule has 2 heterocycles. The van der Waals surface area contributed by atoms with E-state index < -0.39 is 0 Å². The predicted octanol–water partition coefficient (Wildman–Crippen LogP) is 1.52. The van der Waals surface area contributed by atoms with Crippen LogP contribution in [-0.2, 0) is 0 Å². The maximum atomic E-state index is 2.60. The normalized spacial score (nSPS) is 35.0. The van der Waals surface area contributed by atoms with Crippen LogP contribution < -0.4 is 0 Å². The number of nitrogens with zero attached hydrogens (tertiary/aromatic N) is 2. The van der Waals surface area contributed by atoms with E-state index in [2.05, 4.69) is 23.6 Å². The summed E-state index contributed by atoms with van der Waals surface area (Å²) in [6.07, 6.45) is 4.27. The molecule has 0 aliphatic carbocycles. The van der Waals surface area contributed by atoms with Gasteiger partial charge < -0.3 is 0 Å². The van der Waals surface area contributed by atoms with Gasteiger partial charge >= 0.3 is 0 Å². The largest absolute Gasteiger partial charge is 0.290 e. The van der Waals surface area contributed by atoms with E-state index in [0.29, 0.717) is 5.54 Å². The van der Waals surface area contributed by atoms with Gasteiger partial charge in [-0.15, -0.1) is 0 Å². The Morgan fingerprint density at radius 2 is 1.67 bits per heavy atom. The third-order valence-corrected chi connectivity index (χ3v) is 3.15. The van der Waals surface area contributed by atoms with Crippen LogP contribution in [0.4, 0.5) is 0 Å². The number of likely N-dealkylation sites (tertiary alicyclic amines) is 1. The molecule has 1 atom stereocenters. The summed E-state index contributed by atoms with van der Waals surface area (Å²) < 4.78 is 0. The maximum Gasteiger partial charge on any atom is 0.0512 e. The van der Waals surface area contributed by atoms with Crippen LogP contribution >= 0.6 is 0 Å². The number of hydrogen-bond acceptors (Lipinski definition) is 2. The van der Waals surface area contributed by atoms with Crippen LogP contribution in [0.2, 0.25) is 0 Å². The molecule has 0 aromatic rings. The van der Waals surface area contributed by atoms with Crippen LogP contribution in [0.15, 0.2) is 0 Å². The molecule has 2 heteroatoms. The molecule has 0 aromatic heterocycles. The Morgan fingerprint density at radius 1 is 1.08 bits per heavy atom. The van der Waals surface area contributed by atoms with Gasteiger partial charge in [-0.1, -0.05) is 6.42 Å². The highest BCUT2D eigenvalue weighted by Crippen LogP contribution is 2.30. The van der Waals surface area contributed by atoms with Crippen LogP contribution in [0.5, 0.6) is 0 Å². The van der Waals surface area contributed by atoms with E-state index in [-0.39, 0.29) is 0 Å². The third-order valence-electron chi connectivity index (χ3n) is 3.15. The van der Waals surface area contributed by atoms with Crippen molar-refractivity contribution < 1.29 is 0 Å². The summed E-state index contributed by atoms with van der Waals surface area (Å²) in [6.45, 7) is 9.82. The summed E-state index contributed by atoms with van der Waals surface area (Å²) in [4.78, 5) is 5.15. The van der Waals surface area contributed by atoms with E-state index >= 15 is 0 Å². The van der Waals surface area contributed by atoms with Gasteiger partial charge in [0.15, 0.2) is 0 Å². The fourth-order valence-corrected chi connectivity index (χ4v) is 2.02. The molecule has 0 saturated carbocycles. The van der Waals surface area contributed by atoms with Crippen LogP contribution in [-0.4, -0.2) is 41.6 Å². The zero-order valence-corrected chi connectivity index (χ0v) is 8.34. The summed E-state index contributed by atoms with van der Waals surface area (Å²) in [5.74, 6) is 0. The molecule has 2 fully saturated rings. The van der Waals surface area contributed by atoms with Crippen molar-refractivity contribution in [2.75, 3.05) is 26.3 Å². The predicted molar refractivity (Wildman–Crippen MR) is 51.1 cm³/mol. The van der Waals surface area contributed by atoms with Crippen molar-refractivity contribution in [2.24, 2.45) is 0 Å². The molecule has 2 aliphatic heterocycles. The fraction of sp³-hybridized carbons (Fsp3) is 1.00. The van der Waals surface area contributed by atoms with E-state index in [1.807, 2.05) is 0 Å². The summed E-state index contributed by atoms with van der Waals surface area (Å²) in [5, 5.41) is 0. The van der Waals surface area contributed by atoms with Crippen molar-refractivity contribution >= 4 is 0 Å². The third kappa shape index (κ3) is 1.80. The van der Waals surface area contributed by atoms with Gasteiger partial charge in [0, 0.05) is 12.1 Å². The summed E-state index contributed by atoms with van der Waals surface area (Å²) in [5.41, 5.74) is 0.511. The monoisotopic (exact) mass is 168 g/mol. The zero-order valence-electron chi connectivity index (χ0n) is 8.34. The second-order valence-electron chi connectivity index (χ2n) is 4.83. The van der Waals surface area contributed by atoms with Gasteiger partial charge in [-0.25, -0.2) is 0 Å². The van der Waals surface area contributed by atoms with Crippen molar-refractivity contribution in [1.29, 1.82) is 0 Å². The van der Waals surface area contributed by atoms with Crippen LogP contribution in [0, 0.1) is 0 Å². The molecule has 0 bridgehead atoms. The first kappa shape index (κ1) is 8.52. The number of hydrogen-bond donors (Lipinski definition) is 0. The van der Waals surface area contributed by atoms with Crippen molar-refractivity contribution in [3.8, 4) is 0 Å². The molecule has 2 aliphatic rings. The molecule has 70 valence electrons. The van der Waals surface area contributed by atoms with E-state index in [4.69, 9.17) is 0 Å². The topological polar surface area (TPSA) is 6.25 Å². The first-order valence-electron chi connectivity index (χ1n) is 5.16. The minimum Gasteiger partial charge on any atom is -0.290 e. The summed E-state index contributed by atoms with van der Waals surface area (Å²) >= 11 is 0. The van der Waals surface area contributed by atoms with E-state index in [0.717, 1.165) is 0 Å².